The second-order valence-electron chi connectivity index (χ2n) is 6.41. The van der Waals surface area contributed by atoms with E-state index in [4.69, 9.17) is 20.8 Å². The normalized spacial score (nSPS) is 10.8. The van der Waals surface area contributed by atoms with Gasteiger partial charge in [-0.15, -0.1) is 0 Å². The molecule has 4 aromatic rings. The second kappa shape index (κ2) is 8.24. The first-order chi connectivity index (χ1) is 14.1. The SMILES string of the molecule is O=C(COc1ccccc1Cl)NNC(=O)Cc1coc2ccc3ccccc3c12. The minimum atomic E-state index is -0.499. The molecule has 0 aliphatic carbocycles. The van der Waals surface area contributed by atoms with Gasteiger partial charge in [0.1, 0.15) is 11.3 Å². The maximum absolute atomic E-state index is 12.3. The fraction of sp³-hybridized carbons (Fsp3) is 0.0909. The molecule has 0 saturated heterocycles. The van der Waals surface area contributed by atoms with Crippen molar-refractivity contribution in [3.05, 3.63) is 77.5 Å². The van der Waals surface area contributed by atoms with Crippen LogP contribution in [-0.4, -0.2) is 18.4 Å². The molecule has 0 fully saturated rings. The summed E-state index contributed by atoms with van der Waals surface area (Å²) < 4.78 is 10.9. The number of carbonyl (C=O) groups is 2. The number of nitrogens with one attached hydrogen (secondary N) is 2. The van der Waals surface area contributed by atoms with Crippen LogP contribution in [0.15, 0.2) is 71.3 Å². The van der Waals surface area contributed by atoms with Gasteiger partial charge in [0, 0.05) is 10.9 Å². The summed E-state index contributed by atoms with van der Waals surface area (Å²) >= 11 is 5.97. The molecule has 0 spiro atoms. The topological polar surface area (TPSA) is 80.6 Å². The predicted octanol–water partition coefficient (Wildman–Crippen LogP) is 4.01. The summed E-state index contributed by atoms with van der Waals surface area (Å²) in [6.45, 7) is -0.275. The van der Waals surface area contributed by atoms with Crippen molar-refractivity contribution in [1.29, 1.82) is 0 Å². The first-order valence-corrected chi connectivity index (χ1v) is 9.32. The average molecular weight is 409 g/mol. The predicted molar refractivity (Wildman–Crippen MR) is 111 cm³/mol. The largest absolute Gasteiger partial charge is 0.482 e. The van der Waals surface area contributed by atoms with E-state index in [1.165, 1.54) is 0 Å². The summed E-state index contributed by atoms with van der Waals surface area (Å²) in [7, 11) is 0. The van der Waals surface area contributed by atoms with E-state index >= 15 is 0 Å². The number of furan rings is 1. The molecule has 0 atom stereocenters. The standard InChI is InChI=1S/C22H17ClN2O4/c23-17-7-3-4-8-18(17)29-13-21(27)25-24-20(26)11-15-12-28-19-10-9-14-5-1-2-6-16(14)22(15)19/h1-10,12H,11,13H2,(H,24,26)(H,25,27). The lowest BCUT2D eigenvalue weighted by Crippen LogP contribution is -2.44. The maximum Gasteiger partial charge on any atom is 0.276 e. The van der Waals surface area contributed by atoms with E-state index in [1.54, 1.807) is 30.5 Å². The molecule has 1 aromatic heterocycles. The van der Waals surface area contributed by atoms with Gasteiger partial charge in [-0.3, -0.25) is 20.4 Å². The molecule has 0 aliphatic heterocycles. The van der Waals surface area contributed by atoms with Crippen LogP contribution < -0.4 is 15.6 Å². The third-order valence-electron chi connectivity index (χ3n) is 4.43. The zero-order valence-corrected chi connectivity index (χ0v) is 16.0. The fourth-order valence-electron chi connectivity index (χ4n) is 3.10. The number of benzene rings is 3. The average Bonchev–Trinajstić information content (AvgIpc) is 3.15. The van der Waals surface area contributed by atoms with Crippen molar-refractivity contribution in [2.24, 2.45) is 0 Å². The number of rotatable bonds is 5. The third kappa shape index (κ3) is 4.17. The van der Waals surface area contributed by atoms with Crippen LogP contribution in [0.3, 0.4) is 0 Å². The first kappa shape index (κ1) is 18.8. The van der Waals surface area contributed by atoms with Gasteiger partial charge in [0.25, 0.3) is 5.91 Å². The summed E-state index contributed by atoms with van der Waals surface area (Å²) in [5, 5.41) is 3.38. The Morgan fingerprint density at radius 3 is 2.55 bits per heavy atom. The molecule has 29 heavy (non-hydrogen) atoms. The zero-order valence-electron chi connectivity index (χ0n) is 15.3. The van der Waals surface area contributed by atoms with Gasteiger partial charge in [-0.25, -0.2) is 0 Å². The smallest absolute Gasteiger partial charge is 0.276 e. The molecule has 0 radical (unpaired) electrons. The fourth-order valence-corrected chi connectivity index (χ4v) is 3.29. The Morgan fingerprint density at radius 2 is 1.69 bits per heavy atom. The van der Waals surface area contributed by atoms with E-state index in [-0.39, 0.29) is 18.9 Å². The van der Waals surface area contributed by atoms with Crippen LogP contribution in [0.5, 0.6) is 5.75 Å². The van der Waals surface area contributed by atoms with Gasteiger partial charge in [0.05, 0.1) is 17.7 Å². The van der Waals surface area contributed by atoms with Crippen molar-refractivity contribution in [2.45, 2.75) is 6.42 Å². The molecule has 0 unspecified atom stereocenters. The number of halogens is 1. The van der Waals surface area contributed by atoms with Crippen molar-refractivity contribution in [3.8, 4) is 5.75 Å². The number of hydrogen-bond acceptors (Lipinski definition) is 4. The van der Waals surface area contributed by atoms with E-state index in [2.05, 4.69) is 10.9 Å². The van der Waals surface area contributed by atoms with Crippen LogP contribution in [0, 0.1) is 0 Å². The van der Waals surface area contributed by atoms with Crippen LogP contribution in [-0.2, 0) is 16.0 Å². The molecule has 2 amide bonds. The van der Waals surface area contributed by atoms with Crippen molar-refractivity contribution in [3.63, 3.8) is 0 Å². The molecule has 1 heterocycles. The van der Waals surface area contributed by atoms with Crippen LogP contribution >= 0.6 is 11.6 Å². The van der Waals surface area contributed by atoms with Crippen molar-refractivity contribution >= 4 is 45.2 Å². The molecule has 0 saturated carbocycles. The summed E-state index contributed by atoms with van der Waals surface area (Å²) in [6.07, 6.45) is 1.63. The van der Waals surface area contributed by atoms with Crippen molar-refractivity contribution < 1.29 is 18.7 Å². The van der Waals surface area contributed by atoms with Crippen molar-refractivity contribution in [1.82, 2.24) is 10.9 Å². The highest BCUT2D eigenvalue weighted by Crippen LogP contribution is 2.30. The van der Waals surface area contributed by atoms with E-state index < -0.39 is 5.91 Å². The molecule has 4 rings (SSSR count). The Morgan fingerprint density at radius 1 is 0.931 bits per heavy atom. The summed E-state index contributed by atoms with van der Waals surface area (Å²) in [6, 6.07) is 18.6. The van der Waals surface area contributed by atoms with Gasteiger partial charge < -0.3 is 9.15 Å². The third-order valence-corrected chi connectivity index (χ3v) is 4.74. The number of ether oxygens (including phenoxy) is 1. The Balaban J connectivity index is 1.37. The van der Waals surface area contributed by atoms with Gasteiger partial charge in [0.15, 0.2) is 6.61 Å². The molecule has 3 aromatic carbocycles. The highest BCUT2D eigenvalue weighted by molar-refractivity contribution is 6.32. The van der Waals surface area contributed by atoms with E-state index in [0.29, 0.717) is 16.4 Å². The highest BCUT2D eigenvalue weighted by atomic mass is 35.5. The molecule has 0 bridgehead atoms. The molecule has 146 valence electrons. The molecule has 0 aliphatic rings. The summed E-state index contributed by atoms with van der Waals surface area (Å²) in [5.74, 6) is -0.472. The Hall–Kier alpha value is -3.51. The van der Waals surface area contributed by atoms with Crippen LogP contribution in [0.1, 0.15) is 5.56 Å². The number of amides is 2. The monoisotopic (exact) mass is 408 g/mol. The molecule has 6 nitrogen and oxygen atoms in total. The number of hydrogen-bond donors (Lipinski definition) is 2. The lowest BCUT2D eigenvalue weighted by atomic mass is 10.0. The molecular weight excluding hydrogens is 392 g/mol. The Labute approximate surface area is 171 Å². The molecular formula is C22H17ClN2O4. The Kier molecular flexibility index (Phi) is 5.35. The lowest BCUT2D eigenvalue weighted by molar-refractivity contribution is -0.129. The van der Waals surface area contributed by atoms with Gasteiger partial charge in [-0.05, 0) is 29.0 Å². The van der Waals surface area contributed by atoms with Gasteiger partial charge in [-0.1, -0.05) is 54.1 Å². The van der Waals surface area contributed by atoms with E-state index in [9.17, 15) is 9.59 Å². The van der Waals surface area contributed by atoms with Gasteiger partial charge in [-0.2, -0.15) is 0 Å². The minimum absolute atomic E-state index is 0.0622. The van der Waals surface area contributed by atoms with E-state index in [1.807, 2.05) is 36.4 Å². The molecule has 2 N–H and O–H groups in total. The quantitative estimate of drug-likeness (QED) is 0.489. The Bertz CT molecular complexity index is 1200. The number of para-hydroxylation sites is 1. The zero-order chi connectivity index (χ0) is 20.2. The first-order valence-electron chi connectivity index (χ1n) is 8.94. The van der Waals surface area contributed by atoms with Crippen LogP contribution in [0.4, 0.5) is 0 Å². The maximum atomic E-state index is 12.3. The summed E-state index contributed by atoms with van der Waals surface area (Å²) in [5.41, 5.74) is 6.18. The van der Waals surface area contributed by atoms with Crippen LogP contribution in [0.2, 0.25) is 5.02 Å². The number of hydrazine groups is 1. The lowest BCUT2D eigenvalue weighted by Gasteiger charge is -2.09. The summed E-state index contributed by atoms with van der Waals surface area (Å²) in [4.78, 5) is 24.2. The van der Waals surface area contributed by atoms with Gasteiger partial charge in [0.2, 0.25) is 5.91 Å². The van der Waals surface area contributed by atoms with Gasteiger partial charge >= 0.3 is 0 Å². The van der Waals surface area contributed by atoms with Crippen LogP contribution in [0.25, 0.3) is 21.7 Å². The minimum Gasteiger partial charge on any atom is -0.482 e. The highest BCUT2D eigenvalue weighted by Gasteiger charge is 2.14. The number of carbonyl (C=O) groups excluding carboxylic acids is 2. The van der Waals surface area contributed by atoms with E-state index in [0.717, 1.165) is 21.7 Å². The number of fused-ring (bicyclic) bond motifs is 3. The molecule has 7 heteroatoms. The second-order valence-corrected chi connectivity index (χ2v) is 6.82. The van der Waals surface area contributed by atoms with Crippen molar-refractivity contribution in [2.75, 3.05) is 6.61 Å².